The van der Waals surface area contributed by atoms with Crippen molar-refractivity contribution in [2.75, 3.05) is 7.11 Å². The Kier molecular flexibility index (Phi) is 5.25. The van der Waals surface area contributed by atoms with E-state index in [4.69, 9.17) is 5.73 Å². The van der Waals surface area contributed by atoms with Crippen LogP contribution >= 0.6 is 12.4 Å². The summed E-state index contributed by atoms with van der Waals surface area (Å²) in [6, 6.07) is 0.310. The number of ether oxygens (including phenoxy) is 1. The lowest BCUT2D eigenvalue weighted by Gasteiger charge is -2.06. The maximum absolute atomic E-state index is 10.8. The molecule has 0 bridgehead atoms. The summed E-state index contributed by atoms with van der Waals surface area (Å²) in [6.07, 6.45) is 3.66. The predicted octanol–water partition coefficient (Wildman–Crippen LogP) is 1.10. The number of halogens is 1. The van der Waals surface area contributed by atoms with Gasteiger partial charge in [-0.1, -0.05) is 0 Å². The zero-order valence-electron chi connectivity index (χ0n) is 7.29. The molecule has 0 aromatic rings. The highest BCUT2D eigenvalue weighted by atomic mass is 35.5. The van der Waals surface area contributed by atoms with Crippen molar-refractivity contribution in [2.24, 2.45) is 11.7 Å². The van der Waals surface area contributed by atoms with Gasteiger partial charge in [0.05, 0.1) is 7.11 Å². The molecule has 4 heteroatoms. The fourth-order valence-electron chi connectivity index (χ4n) is 1.62. The van der Waals surface area contributed by atoms with Crippen molar-refractivity contribution in [1.29, 1.82) is 0 Å². The minimum absolute atomic E-state index is 0. The van der Waals surface area contributed by atoms with E-state index in [1.54, 1.807) is 0 Å². The summed E-state index contributed by atoms with van der Waals surface area (Å²) in [7, 11) is 1.43. The number of carbonyl (C=O) groups is 1. The first kappa shape index (κ1) is 11.7. The lowest BCUT2D eigenvalue weighted by molar-refractivity contribution is -0.141. The predicted molar refractivity (Wildman–Crippen MR) is 49.2 cm³/mol. The maximum atomic E-state index is 10.8. The first-order valence-corrected chi connectivity index (χ1v) is 4.04. The fraction of sp³-hybridized carbons (Fsp3) is 0.875. The summed E-state index contributed by atoms with van der Waals surface area (Å²) >= 11 is 0. The molecule has 0 amide bonds. The molecule has 0 aromatic carbocycles. The van der Waals surface area contributed by atoms with Crippen molar-refractivity contribution in [1.82, 2.24) is 0 Å². The van der Waals surface area contributed by atoms with Crippen LogP contribution in [0.2, 0.25) is 0 Å². The number of methoxy groups -OCH3 is 1. The third kappa shape index (κ3) is 3.41. The van der Waals surface area contributed by atoms with Crippen LogP contribution in [0.4, 0.5) is 0 Å². The van der Waals surface area contributed by atoms with Gasteiger partial charge in [-0.3, -0.25) is 4.79 Å². The molecule has 0 heterocycles. The van der Waals surface area contributed by atoms with Gasteiger partial charge in [0.2, 0.25) is 0 Å². The number of hydrogen-bond acceptors (Lipinski definition) is 3. The van der Waals surface area contributed by atoms with E-state index >= 15 is 0 Å². The van der Waals surface area contributed by atoms with Gasteiger partial charge in [0, 0.05) is 12.5 Å². The van der Waals surface area contributed by atoms with Crippen LogP contribution in [0.3, 0.4) is 0 Å². The number of rotatable bonds is 2. The molecule has 0 spiro atoms. The SMILES string of the molecule is COC(=O)C[C@@H]1CC[C@H](N)C1.Cl. The Bertz CT molecular complexity index is 152. The first-order chi connectivity index (χ1) is 5.22. The van der Waals surface area contributed by atoms with E-state index in [0.717, 1.165) is 19.3 Å². The van der Waals surface area contributed by atoms with Crippen LogP contribution in [0.1, 0.15) is 25.7 Å². The Labute approximate surface area is 79.1 Å². The average Bonchev–Trinajstić information content (AvgIpc) is 2.35. The van der Waals surface area contributed by atoms with Crippen molar-refractivity contribution in [3.63, 3.8) is 0 Å². The Balaban J connectivity index is 0.00000121. The third-order valence-corrected chi connectivity index (χ3v) is 2.26. The van der Waals surface area contributed by atoms with E-state index in [1.807, 2.05) is 0 Å². The Hall–Kier alpha value is -0.280. The third-order valence-electron chi connectivity index (χ3n) is 2.26. The van der Waals surface area contributed by atoms with Crippen molar-refractivity contribution >= 4 is 18.4 Å². The van der Waals surface area contributed by atoms with E-state index in [0.29, 0.717) is 18.4 Å². The molecule has 0 saturated heterocycles. The van der Waals surface area contributed by atoms with Gasteiger partial charge in [0.15, 0.2) is 0 Å². The van der Waals surface area contributed by atoms with Gasteiger partial charge in [-0.25, -0.2) is 0 Å². The van der Waals surface area contributed by atoms with Crippen molar-refractivity contribution in [3.8, 4) is 0 Å². The molecule has 2 N–H and O–H groups in total. The van der Waals surface area contributed by atoms with Crippen molar-refractivity contribution < 1.29 is 9.53 Å². The molecule has 12 heavy (non-hydrogen) atoms. The zero-order chi connectivity index (χ0) is 8.27. The van der Waals surface area contributed by atoms with E-state index in [-0.39, 0.29) is 18.4 Å². The molecule has 1 fully saturated rings. The quantitative estimate of drug-likeness (QED) is 0.669. The summed E-state index contributed by atoms with van der Waals surface area (Å²) in [5, 5.41) is 0. The molecule has 0 aliphatic heterocycles. The van der Waals surface area contributed by atoms with Crippen LogP contribution in [-0.2, 0) is 9.53 Å². The second-order valence-electron chi connectivity index (χ2n) is 3.22. The lowest BCUT2D eigenvalue weighted by Crippen LogP contribution is -2.15. The normalized spacial score (nSPS) is 27.8. The summed E-state index contributed by atoms with van der Waals surface area (Å²) < 4.78 is 4.57. The van der Waals surface area contributed by atoms with Gasteiger partial charge in [0.25, 0.3) is 0 Å². The fourth-order valence-corrected chi connectivity index (χ4v) is 1.62. The Morgan fingerprint density at radius 2 is 2.25 bits per heavy atom. The van der Waals surface area contributed by atoms with Gasteiger partial charge in [-0.2, -0.15) is 0 Å². The second-order valence-corrected chi connectivity index (χ2v) is 3.22. The molecule has 1 aliphatic carbocycles. The van der Waals surface area contributed by atoms with E-state index in [9.17, 15) is 4.79 Å². The summed E-state index contributed by atoms with van der Waals surface area (Å²) in [5.74, 6) is 0.363. The Morgan fingerprint density at radius 1 is 1.58 bits per heavy atom. The number of carbonyl (C=O) groups excluding carboxylic acids is 1. The van der Waals surface area contributed by atoms with Gasteiger partial charge >= 0.3 is 5.97 Å². The van der Waals surface area contributed by atoms with Crippen LogP contribution in [0.15, 0.2) is 0 Å². The number of hydrogen-bond donors (Lipinski definition) is 1. The highest BCUT2D eigenvalue weighted by molar-refractivity contribution is 5.85. The lowest BCUT2D eigenvalue weighted by atomic mass is 10.0. The van der Waals surface area contributed by atoms with E-state index in [1.165, 1.54) is 7.11 Å². The molecule has 1 aliphatic rings. The highest BCUT2D eigenvalue weighted by Crippen LogP contribution is 2.26. The molecule has 2 atom stereocenters. The maximum Gasteiger partial charge on any atom is 0.305 e. The summed E-state index contributed by atoms with van der Waals surface area (Å²) in [5.41, 5.74) is 5.69. The minimum atomic E-state index is -0.107. The van der Waals surface area contributed by atoms with Gasteiger partial charge in [-0.05, 0) is 25.2 Å². The zero-order valence-corrected chi connectivity index (χ0v) is 8.10. The summed E-state index contributed by atoms with van der Waals surface area (Å²) in [6.45, 7) is 0. The molecule has 72 valence electrons. The average molecular weight is 194 g/mol. The second kappa shape index (κ2) is 5.38. The van der Waals surface area contributed by atoms with Crippen molar-refractivity contribution in [3.05, 3.63) is 0 Å². The van der Waals surface area contributed by atoms with Crippen LogP contribution in [0.5, 0.6) is 0 Å². The van der Waals surface area contributed by atoms with Gasteiger partial charge in [0.1, 0.15) is 0 Å². The topological polar surface area (TPSA) is 52.3 Å². The van der Waals surface area contributed by atoms with Crippen LogP contribution in [0, 0.1) is 5.92 Å². The first-order valence-electron chi connectivity index (χ1n) is 4.04. The van der Waals surface area contributed by atoms with Crippen molar-refractivity contribution in [2.45, 2.75) is 31.7 Å². The van der Waals surface area contributed by atoms with E-state index < -0.39 is 0 Å². The Morgan fingerprint density at radius 3 is 2.67 bits per heavy atom. The number of esters is 1. The summed E-state index contributed by atoms with van der Waals surface area (Å²) in [4.78, 5) is 10.8. The standard InChI is InChI=1S/C8H15NO2.ClH/c1-11-8(10)5-6-2-3-7(9)4-6;/h6-7H,2-5,9H2,1H3;1H/t6-,7+;/m1./s1. The van der Waals surface area contributed by atoms with Crippen LogP contribution < -0.4 is 5.73 Å². The monoisotopic (exact) mass is 193 g/mol. The molecule has 1 saturated carbocycles. The highest BCUT2D eigenvalue weighted by Gasteiger charge is 2.23. The minimum Gasteiger partial charge on any atom is -0.469 e. The van der Waals surface area contributed by atoms with Gasteiger partial charge in [-0.15, -0.1) is 12.4 Å². The van der Waals surface area contributed by atoms with E-state index in [2.05, 4.69) is 4.74 Å². The smallest absolute Gasteiger partial charge is 0.305 e. The molecule has 0 radical (unpaired) electrons. The van der Waals surface area contributed by atoms with Crippen LogP contribution in [0.25, 0.3) is 0 Å². The largest absolute Gasteiger partial charge is 0.469 e. The molecular formula is C8H16ClNO2. The number of nitrogens with two attached hydrogens (primary N) is 1. The molecular weight excluding hydrogens is 178 g/mol. The van der Waals surface area contributed by atoms with Crippen LogP contribution in [-0.4, -0.2) is 19.1 Å². The molecule has 0 unspecified atom stereocenters. The van der Waals surface area contributed by atoms with Gasteiger partial charge < -0.3 is 10.5 Å². The molecule has 0 aromatic heterocycles. The molecule has 1 rings (SSSR count). The molecule has 3 nitrogen and oxygen atoms in total.